The summed E-state index contributed by atoms with van der Waals surface area (Å²) < 4.78 is 10.5. The van der Waals surface area contributed by atoms with Gasteiger partial charge in [-0.1, -0.05) is 24.6 Å². The molecule has 0 heterocycles. The predicted molar refractivity (Wildman–Crippen MR) is 105 cm³/mol. The molecule has 0 spiro atoms. The Labute approximate surface area is 161 Å². The topological polar surface area (TPSA) is 90.7 Å². The van der Waals surface area contributed by atoms with Crippen LogP contribution in [0.1, 0.15) is 18.9 Å². The summed E-state index contributed by atoms with van der Waals surface area (Å²) in [6.45, 7) is 2.30. The minimum Gasteiger partial charge on any atom is -0.495 e. The van der Waals surface area contributed by atoms with E-state index in [0.717, 1.165) is 6.42 Å². The molecule has 0 aliphatic rings. The van der Waals surface area contributed by atoms with Crippen LogP contribution in [0.2, 0.25) is 5.02 Å². The highest BCUT2D eigenvalue weighted by molar-refractivity contribution is 6.31. The molecular weight excluding hydrogens is 372 g/mol. The molecule has 142 valence electrons. The van der Waals surface area contributed by atoms with Crippen molar-refractivity contribution in [1.82, 2.24) is 0 Å². The van der Waals surface area contributed by atoms with Crippen molar-refractivity contribution < 1.29 is 19.2 Å². The molecule has 8 heteroatoms. The van der Waals surface area contributed by atoms with Crippen LogP contribution in [0.25, 0.3) is 6.08 Å². The number of hydrogen-bond acceptors (Lipinski definition) is 5. The highest BCUT2D eigenvalue weighted by atomic mass is 35.5. The number of halogens is 1. The van der Waals surface area contributed by atoms with Gasteiger partial charge < -0.3 is 14.8 Å². The number of nitro groups is 1. The van der Waals surface area contributed by atoms with E-state index in [4.69, 9.17) is 21.1 Å². The molecule has 0 aromatic heterocycles. The lowest BCUT2D eigenvalue weighted by molar-refractivity contribution is -0.385. The molecule has 7 nitrogen and oxygen atoms in total. The molecule has 2 aromatic carbocycles. The molecule has 2 aromatic rings. The van der Waals surface area contributed by atoms with Crippen molar-refractivity contribution in [3.8, 4) is 11.5 Å². The second kappa shape index (κ2) is 9.59. The van der Waals surface area contributed by atoms with Gasteiger partial charge >= 0.3 is 5.69 Å². The molecule has 0 aliphatic heterocycles. The van der Waals surface area contributed by atoms with E-state index < -0.39 is 10.8 Å². The normalized spacial score (nSPS) is 10.6. The predicted octanol–water partition coefficient (Wildman–Crippen LogP) is 4.70. The number of hydrogen-bond donors (Lipinski definition) is 1. The summed E-state index contributed by atoms with van der Waals surface area (Å²) in [5.41, 5.74) is 0.773. The highest BCUT2D eigenvalue weighted by Crippen LogP contribution is 2.29. The first-order valence-electron chi connectivity index (χ1n) is 8.18. The van der Waals surface area contributed by atoms with Gasteiger partial charge in [0.1, 0.15) is 5.75 Å². The molecule has 0 atom stereocenters. The van der Waals surface area contributed by atoms with Crippen LogP contribution >= 0.6 is 11.6 Å². The molecule has 0 radical (unpaired) electrons. The Morgan fingerprint density at radius 1 is 1.26 bits per heavy atom. The maximum Gasteiger partial charge on any atom is 0.311 e. The monoisotopic (exact) mass is 390 g/mol. The van der Waals surface area contributed by atoms with Crippen molar-refractivity contribution >= 4 is 35.0 Å². The summed E-state index contributed by atoms with van der Waals surface area (Å²) in [4.78, 5) is 22.8. The van der Waals surface area contributed by atoms with E-state index in [0.29, 0.717) is 28.6 Å². The van der Waals surface area contributed by atoms with Crippen molar-refractivity contribution in [2.75, 3.05) is 19.0 Å². The molecule has 0 saturated heterocycles. The number of amides is 1. The largest absolute Gasteiger partial charge is 0.495 e. The molecule has 0 aliphatic carbocycles. The van der Waals surface area contributed by atoms with Crippen LogP contribution in [0.3, 0.4) is 0 Å². The van der Waals surface area contributed by atoms with Gasteiger partial charge in [-0.2, -0.15) is 0 Å². The Morgan fingerprint density at radius 2 is 2.00 bits per heavy atom. The number of methoxy groups -OCH3 is 1. The second-order valence-corrected chi connectivity index (χ2v) is 5.94. The van der Waals surface area contributed by atoms with Gasteiger partial charge in [0.15, 0.2) is 5.75 Å². The molecule has 0 fully saturated rings. The Balaban J connectivity index is 2.15. The third kappa shape index (κ3) is 5.72. The quantitative estimate of drug-likeness (QED) is 0.401. The Kier molecular flexibility index (Phi) is 7.19. The van der Waals surface area contributed by atoms with E-state index in [1.54, 1.807) is 24.3 Å². The maximum absolute atomic E-state index is 12.1. The first-order valence-corrected chi connectivity index (χ1v) is 8.56. The number of nitrogens with zero attached hydrogens (tertiary/aromatic N) is 1. The number of anilines is 1. The zero-order valence-electron chi connectivity index (χ0n) is 14.9. The fourth-order valence-corrected chi connectivity index (χ4v) is 2.41. The molecule has 27 heavy (non-hydrogen) atoms. The van der Waals surface area contributed by atoms with Crippen LogP contribution in [0.4, 0.5) is 11.4 Å². The van der Waals surface area contributed by atoms with Gasteiger partial charge in [0, 0.05) is 17.2 Å². The van der Waals surface area contributed by atoms with Crippen LogP contribution in [0, 0.1) is 10.1 Å². The van der Waals surface area contributed by atoms with Gasteiger partial charge in [0.2, 0.25) is 5.91 Å². The summed E-state index contributed by atoms with van der Waals surface area (Å²) >= 11 is 5.93. The standard InChI is InChI=1S/C19H19ClN2O5/c1-3-10-27-18-7-4-13(11-16(18)22(24)25)5-9-19(23)21-15-12-14(20)6-8-17(15)26-2/h4-9,11-12H,3,10H2,1-2H3,(H,21,23)/b9-5+. The molecule has 1 amide bonds. The molecule has 0 bridgehead atoms. The highest BCUT2D eigenvalue weighted by Gasteiger charge is 2.15. The fraction of sp³-hybridized carbons (Fsp3) is 0.211. The number of carbonyl (C=O) groups is 1. The Bertz CT molecular complexity index is 867. The summed E-state index contributed by atoms with van der Waals surface area (Å²) in [5, 5.41) is 14.3. The average Bonchev–Trinajstić information content (AvgIpc) is 2.65. The van der Waals surface area contributed by atoms with E-state index in [9.17, 15) is 14.9 Å². The van der Waals surface area contributed by atoms with Crippen LogP contribution in [-0.4, -0.2) is 24.5 Å². The second-order valence-electron chi connectivity index (χ2n) is 5.50. The zero-order valence-corrected chi connectivity index (χ0v) is 15.7. The van der Waals surface area contributed by atoms with Crippen molar-refractivity contribution in [2.45, 2.75) is 13.3 Å². The van der Waals surface area contributed by atoms with Crippen molar-refractivity contribution in [3.05, 3.63) is 63.2 Å². The molecule has 0 unspecified atom stereocenters. The zero-order chi connectivity index (χ0) is 19.8. The number of nitro benzene ring substituents is 1. The molecule has 2 rings (SSSR count). The fourth-order valence-electron chi connectivity index (χ4n) is 2.24. The lowest BCUT2D eigenvalue weighted by atomic mass is 10.1. The molecular formula is C19H19ClN2O5. The van der Waals surface area contributed by atoms with Gasteiger partial charge in [-0.3, -0.25) is 14.9 Å². The Hall–Kier alpha value is -3.06. The summed E-state index contributed by atoms with van der Waals surface area (Å²) in [6, 6.07) is 9.37. The van der Waals surface area contributed by atoms with Crippen molar-refractivity contribution in [1.29, 1.82) is 0 Å². The maximum atomic E-state index is 12.1. The Morgan fingerprint density at radius 3 is 2.67 bits per heavy atom. The van der Waals surface area contributed by atoms with E-state index in [1.165, 1.54) is 31.4 Å². The third-order valence-corrected chi connectivity index (χ3v) is 3.72. The van der Waals surface area contributed by atoms with E-state index >= 15 is 0 Å². The lowest BCUT2D eigenvalue weighted by Crippen LogP contribution is -2.08. The molecule has 0 saturated carbocycles. The van der Waals surface area contributed by atoms with Crippen LogP contribution < -0.4 is 14.8 Å². The lowest BCUT2D eigenvalue weighted by Gasteiger charge is -2.09. The van der Waals surface area contributed by atoms with E-state index in [2.05, 4.69) is 5.32 Å². The summed E-state index contributed by atoms with van der Waals surface area (Å²) in [6.07, 6.45) is 3.49. The number of carbonyl (C=O) groups excluding carboxylic acids is 1. The first-order chi connectivity index (χ1) is 12.9. The van der Waals surface area contributed by atoms with Gasteiger partial charge in [-0.15, -0.1) is 0 Å². The van der Waals surface area contributed by atoms with Crippen LogP contribution in [0.5, 0.6) is 11.5 Å². The van der Waals surface area contributed by atoms with Gasteiger partial charge in [0.05, 0.1) is 24.3 Å². The van der Waals surface area contributed by atoms with E-state index in [-0.39, 0.29) is 11.4 Å². The van der Waals surface area contributed by atoms with Crippen molar-refractivity contribution in [2.24, 2.45) is 0 Å². The average molecular weight is 391 g/mol. The summed E-state index contributed by atoms with van der Waals surface area (Å²) in [5.74, 6) is 0.242. The third-order valence-electron chi connectivity index (χ3n) is 3.49. The number of benzene rings is 2. The minimum absolute atomic E-state index is 0.150. The van der Waals surface area contributed by atoms with Gasteiger partial charge in [-0.05, 0) is 42.3 Å². The SMILES string of the molecule is CCCOc1ccc(/C=C/C(=O)Nc2cc(Cl)ccc2OC)cc1[N+](=O)[O-]. The van der Waals surface area contributed by atoms with Crippen LogP contribution in [0.15, 0.2) is 42.5 Å². The number of nitrogens with one attached hydrogen (secondary N) is 1. The first kappa shape index (κ1) is 20.3. The van der Waals surface area contributed by atoms with E-state index in [1.807, 2.05) is 6.92 Å². The summed E-state index contributed by atoms with van der Waals surface area (Å²) in [7, 11) is 1.48. The van der Waals surface area contributed by atoms with Gasteiger partial charge in [-0.25, -0.2) is 0 Å². The van der Waals surface area contributed by atoms with Crippen LogP contribution in [-0.2, 0) is 4.79 Å². The molecule has 1 N–H and O–H groups in total. The van der Waals surface area contributed by atoms with Crippen molar-refractivity contribution in [3.63, 3.8) is 0 Å². The minimum atomic E-state index is -0.515. The number of rotatable bonds is 8. The number of ether oxygens (including phenoxy) is 2. The van der Waals surface area contributed by atoms with Gasteiger partial charge in [0.25, 0.3) is 0 Å². The smallest absolute Gasteiger partial charge is 0.311 e.